The van der Waals surface area contributed by atoms with Gasteiger partial charge in [-0.25, -0.2) is 4.98 Å². The number of pyridine rings is 1. The lowest BCUT2D eigenvalue weighted by atomic mass is 10.2. The van der Waals surface area contributed by atoms with Gasteiger partial charge in [0, 0.05) is 33.6 Å². The van der Waals surface area contributed by atoms with E-state index in [9.17, 15) is 4.79 Å². The second-order valence-corrected chi connectivity index (χ2v) is 7.39. The predicted octanol–water partition coefficient (Wildman–Crippen LogP) is 6.12. The van der Waals surface area contributed by atoms with Gasteiger partial charge < -0.3 is 13.9 Å². The third-order valence-corrected chi connectivity index (χ3v) is 4.72. The van der Waals surface area contributed by atoms with E-state index in [1.807, 2.05) is 6.07 Å². The fourth-order valence-electron chi connectivity index (χ4n) is 2.69. The van der Waals surface area contributed by atoms with Crippen molar-refractivity contribution < 1.29 is 18.7 Å². The zero-order valence-electron chi connectivity index (χ0n) is 16.1. The Hall–Kier alpha value is -3.35. The summed E-state index contributed by atoms with van der Waals surface area (Å²) >= 11 is 11.9. The molecule has 8 heteroatoms. The molecule has 0 fully saturated rings. The van der Waals surface area contributed by atoms with Crippen LogP contribution in [0.5, 0.6) is 11.7 Å². The highest BCUT2D eigenvalue weighted by molar-refractivity contribution is 6.30. The summed E-state index contributed by atoms with van der Waals surface area (Å²) in [5.74, 6) is 0.426. The van der Waals surface area contributed by atoms with Crippen LogP contribution in [0.25, 0.3) is 11.5 Å². The van der Waals surface area contributed by atoms with Gasteiger partial charge in [-0.3, -0.25) is 9.78 Å². The van der Waals surface area contributed by atoms with Crippen LogP contribution >= 0.6 is 23.2 Å². The predicted molar refractivity (Wildman–Crippen MR) is 116 cm³/mol. The molecule has 0 saturated heterocycles. The molecule has 31 heavy (non-hydrogen) atoms. The number of rotatable bonds is 7. The van der Waals surface area contributed by atoms with Gasteiger partial charge in [0.05, 0.1) is 6.42 Å². The van der Waals surface area contributed by atoms with E-state index in [0.29, 0.717) is 32.9 Å². The number of aromatic nitrogens is 2. The van der Waals surface area contributed by atoms with Crippen molar-refractivity contribution in [3.05, 3.63) is 94.4 Å². The number of halogens is 2. The highest BCUT2D eigenvalue weighted by Gasteiger charge is 2.20. The van der Waals surface area contributed by atoms with E-state index in [-0.39, 0.29) is 19.0 Å². The van der Waals surface area contributed by atoms with Crippen LogP contribution in [-0.4, -0.2) is 15.9 Å². The first-order valence-electron chi connectivity index (χ1n) is 9.30. The molecule has 0 saturated carbocycles. The second-order valence-electron chi connectivity index (χ2n) is 6.51. The molecule has 2 aromatic heterocycles. The first kappa shape index (κ1) is 20.9. The van der Waals surface area contributed by atoms with Crippen LogP contribution in [-0.2, 0) is 22.6 Å². The molecule has 2 heterocycles. The second kappa shape index (κ2) is 9.64. The number of esters is 1. The minimum atomic E-state index is -0.472. The summed E-state index contributed by atoms with van der Waals surface area (Å²) in [6.45, 7) is 0.113. The molecule has 0 amide bonds. The molecule has 0 unspecified atom stereocenters. The standard InChI is InChI=1S/C23H16Cl2N2O4/c24-17-5-3-16(4-6-17)22-27-20(12-21(28)29-14-15-2-1-11-26-13-15)23(31-22)30-19-9-7-18(25)8-10-19/h1-11,13H,12,14H2. The Bertz CT molecular complexity index is 1160. The van der Waals surface area contributed by atoms with Crippen molar-refractivity contribution in [2.45, 2.75) is 13.0 Å². The topological polar surface area (TPSA) is 74.5 Å². The van der Waals surface area contributed by atoms with Gasteiger partial charge in [0.2, 0.25) is 5.89 Å². The Labute approximate surface area is 188 Å². The smallest absolute Gasteiger partial charge is 0.315 e. The Morgan fingerprint density at radius 1 is 0.968 bits per heavy atom. The minimum absolute atomic E-state index is 0.102. The van der Waals surface area contributed by atoms with Crippen molar-refractivity contribution in [3.8, 4) is 23.1 Å². The lowest BCUT2D eigenvalue weighted by Crippen LogP contribution is -2.09. The Morgan fingerprint density at radius 3 is 2.35 bits per heavy atom. The number of benzene rings is 2. The number of hydrogen-bond acceptors (Lipinski definition) is 6. The van der Waals surface area contributed by atoms with Crippen LogP contribution in [0, 0.1) is 0 Å². The summed E-state index contributed by atoms with van der Waals surface area (Å²) in [5, 5.41) is 1.16. The highest BCUT2D eigenvalue weighted by atomic mass is 35.5. The zero-order valence-corrected chi connectivity index (χ0v) is 17.6. The van der Waals surface area contributed by atoms with E-state index in [1.165, 1.54) is 0 Å². The molecule has 0 atom stereocenters. The van der Waals surface area contributed by atoms with Gasteiger partial charge in [-0.15, -0.1) is 0 Å². The van der Waals surface area contributed by atoms with Crippen LogP contribution in [0.15, 0.2) is 77.5 Å². The average Bonchev–Trinajstić information content (AvgIpc) is 3.17. The van der Waals surface area contributed by atoms with E-state index in [4.69, 9.17) is 37.1 Å². The fourth-order valence-corrected chi connectivity index (χ4v) is 2.94. The summed E-state index contributed by atoms with van der Waals surface area (Å²) in [4.78, 5) is 20.9. The molecular weight excluding hydrogens is 439 g/mol. The van der Waals surface area contributed by atoms with Crippen molar-refractivity contribution in [1.29, 1.82) is 0 Å². The molecule has 0 spiro atoms. The summed E-state index contributed by atoms with van der Waals surface area (Å²) in [5.41, 5.74) is 1.80. The van der Waals surface area contributed by atoms with E-state index in [2.05, 4.69) is 9.97 Å². The van der Waals surface area contributed by atoms with E-state index >= 15 is 0 Å². The lowest BCUT2D eigenvalue weighted by Gasteiger charge is -2.05. The SMILES string of the molecule is O=C(Cc1nc(-c2ccc(Cl)cc2)oc1Oc1ccc(Cl)cc1)OCc1cccnc1. The first-order chi connectivity index (χ1) is 15.1. The molecule has 0 bridgehead atoms. The maximum absolute atomic E-state index is 12.4. The zero-order chi connectivity index (χ0) is 21.6. The van der Waals surface area contributed by atoms with Gasteiger partial charge >= 0.3 is 11.9 Å². The van der Waals surface area contributed by atoms with Crippen molar-refractivity contribution in [2.75, 3.05) is 0 Å². The lowest BCUT2D eigenvalue weighted by molar-refractivity contribution is -0.144. The number of carbonyl (C=O) groups is 1. The summed E-state index contributed by atoms with van der Waals surface area (Å²) in [6, 6.07) is 17.3. The molecule has 0 aliphatic heterocycles. The average molecular weight is 455 g/mol. The van der Waals surface area contributed by atoms with Crippen LogP contribution in [0.2, 0.25) is 10.0 Å². The summed E-state index contributed by atoms with van der Waals surface area (Å²) in [6.07, 6.45) is 3.16. The minimum Gasteiger partial charge on any atom is -0.460 e. The third-order valence-electron chi connectivity index (χ3n) is 4.21. The molecule has 0 radical (unpaired) electrons. The first-order valence-corrected chi connectivity index (χ1v) is 10.1. The van der Waals surface area contributed by atoms with Gasteiger partial charge in [0.1, 0.15) is 18.1 Å². The van der Waals surface area contributed by atoms with Crippen LogP contribution in [0.1, 0.15) is 11.3 Å². The molecule has 4 rings (SSSR count). The fraction of sp³-hybridized carbons (Fsp3) is 0.0870. The summed E-state index contributed by atoms with van der Waals surface area (Å²) < 4.78 is 17.0. The van der Waals surface area contributed by atoms with Crippen molar-refractivity contribution >= 4 is 29.2 Å². The maximum atomic E-state index is 12.4. The van der Waals surface area contributed by atoms with Gasteiger partial charge in [-0.2, -0.15) is 0 Å². The Balaban J connectivity index is 1.55. The van der Waals surface area contributed by atoms with Crippen molar-refractivity contribution in [2.24, 2.45) is 0 Å². The number of ether oxygens (including phenoxy) is 2. The van der Waals surface area contributed by atoms with E-state index < -0.39 is 5.97 Å². The quantitative estimate of drug-likeness (QED) is 0.313. The number of oxazole rings is 1. The van der Waals surface area contributed by atoms with Gasteiger partial charge in [0.15, 0.2) is 0 Å². The van der Waals surface area contributed by atoms with Crippen LogP contribution in [0.4, 0.5) is 0 Å². The Kier molecular flexibility index (Phi) is 6.50. The molecule has 0 aliphatic carbocycles. The van der Waals surface area contributed by atoms with Gasteiger partial charge in [-0.05, 0) is 54.6 Å². The number of hydrogen-bond donors (Lipinski definition) is 0. The Morgan fingerprint density at radius 2 is 1.68 bits per heavy atom. The van der Waals surface area contributed by atoms with Crippen molar-refractivity contribution in [3.63, 3.8) is 0 Å². The molecule has 0 N–H and O–H groups in total. The summed E-state index contributed by atoms with van der Waals surface area (Å²) in [7, 11) is 0. The largest absolute Gasteiger partial charge is 0.460 e. The molecule has 4 aromatic rings. The molecule has 6 nitrogen and oxygen atoms in total. The van der Waals surface area contributed by atoms with E-state index in [0.717, 1.165) is 5.56 Å². The van der Waals surface area contributed by atoms with Crippen molar-refractivity contribution in [1.82, 2.24) is 9.97 Å². The molecule has 0 aliphatic rings. The highest BCUT2D eigenvalue weighted by Crippen LogP contribution is 2.32. The number of nitrogens with zero attached hydrogens (tertiary/aromatic N) is 2. The van der Waals surface area contributed by atoms with Gasteiger partial charge in [-0.1, -0.05) is 29.3 Å². The molecular formula is C23H16Cl2N2O4. The normalized spacial score (nSPS) is 10.6. The van der Waals surface area contributed by atoms with E-state index in [1.54, 1.807) is 67.0 Å². The third kappa shape index (κ3) is 5.63. The molecule has 2 aromatic carbocycles. The monoisotopic (exact) mass is 454 g/mol. The molecule has 156 valence electrons. The maximum Gasteiger partial charge on any atom is 0.315 e. The number of carbonyl (C=O) groups excluding carboxylic acids is 1. The van der Waals surface area contributed by atoms with Gasteiger partial charge in [0.25, 0.3) is 0 Å². The van der Waals surface area contributed by atoms with Crippen LogP contribution < -0.4 is 4.74 Å². The van der Waals surface area contributed by atoms with Crippen LogP contribution in [0.3, 0.4) is 0 Å².